The van der Waals surface area contributed by atoms with Gasteiger partial charge in [0.15, 0.2) is 0 Å². The first-order valence-electron chi connectivity index (χ1n) is 4.93. The number of rotatable bonds is 1. The second kappa shape index (κ2) is 4.36. The molecule has 1 aliphatic rings. The summed E-state index contributed by atoms with van der Waals surface area (Å²) in [7, 11) is 2.08. The quantitative estimate of drug-likeness (QED) is 0.859. The van der Waals surface area contributed by atoms with Crippen molar-refractivity contribution in [2.45, 2.75) is 23.1 Å². The van der Waals surface area contributed by atoms with Gasteiger partial charge in [0.2, 0.25) is 0 Å². The largest absolute Gasteiger partial charge is 0.395 e. The van der Waals surface area contributed by atoms with Crippen molar-refractivity contribution in [1.82, 2.24) is 0 Å². The van der Waals surface area contributed by atoms with Crippen LogP contribution in [0.5, 0.6) is 0 Å². The Balaban J connectivity index is 2.40. The SMILES string of the molecule is CC1C(CO)Sc2ccc(Br)cc2N1C. The van der Waals surface area contributed by atoms with E-state index in [-0.39, 0.29) is 11.9 Å². The smallest absolute Gasteiger partial charge is 0.0573 e. The van der Waals surface area contributed by atoms with E-state index in [1.807, 2.05) is 6.07 Å². The van der Waals surface area contributed by atoms with Gasteiger partial charge in [-0.1, -0.05) is 15.9 Å². The van der Waals surface area contributed by atoms with Crippen molar-refractivity contribution in [3.63, 3.8) is 0 Å². The van der Waals surface area contributed by atoms with Gasteiger partial charge >= 0.3 is 0 Å². The Bertz CT molecular complexity index is 372. The summed E-state index contributed by atoms with van der Waals surface area (Å²) in [4.78, 5) is 3.48. The van der Waals surface area contributed by atoms with Crippen LogP contribution in [0.15, 0.2) is 27.6 Å². The molecule has 0 aromatic heterocycles. The van der Waals surface area contributed by atoms with Crippen LogP contribution in [0.4, 0.5) is 5.69 Å². The summed E-state index contributed by atoms with van der Waals surface area (Å²) < 4.78 is 1.10. The molecule has 0 aliphatic carbocycles. The highest BCUT2D eigenvalue weighted by Crippen LogP contribution is 2.41. The molecular formula is C11H14BrNOS. The number of anilines is 1. The number of benzene rings is 1. The lowest BCUT2D eigenvalue weighted by Crippen LogP contribution is -2.42. The maximum atomic E-state index is 9.30. The molecule has 0 spiro atoms. The monoisotopic (exact) mass is 287 g/mol. The Morgan fingerprint density at radius 2 is 2.27 bits per heavy atom. The molecule has 0 saturated heterocycles. The summed E-state index contributed by atoms with van der Waals surface area (Å²) in [5, 5.41) is 9.57. The van der Waals surface area contributed by atoms with Crippen LogP contribution in [-0.2, 0) is 0 Å². The van der Waals surface area contributed by atoms with E-state index in [9.17, 15) is 5.11 Å². The predicted octanol–water partition coefficient (Wildman–Crippen LogP) is 2.74. The first kappa shape index (κ1) is 11.3. The second-order valence-electron chi connectivity index (χ2n) is 3.80. The maximum absolute atomic E-state index is 9.30. The molecule has 1 N–H and O–H groups in total. The summed E-state index contributed by atoms with van der Waals surface area (Å²) in [6.07, 6.45) is 0. The molecule has 4 heteroatoms. The molecule has 82 valence electrons. The number of hydrogen-bond donors (Lipinski definition) is 1. The molecule has 1 aromatic carbocycles. The number of aliphatic hydroxyl groups excluding tert-OH is 1. The van der Waals surface area contributed by atoms with Gasteiger partial charge in [0.05, 0.1) is 17.5 Å². The number of aliphatic hydroxyl groups is 1. The van der Waals surface area contributed by atoms with Gasteiger partial charge in [0, 0.05) is 22.5 Å². The zero-order valence-electron chi connectivity index (χ0n) is 8.77. The van der Waals surface area contributed by atoms with E-state index < -0.39 is 0 Å². The van der Waals surface area contributed by atoms with Crippen molar-refractivity contribution in [3.8, 4) is 0 Å². The first-order chi connectivity index (χ1) is 7.13. The summed E-state index contributed by atoms with van der Waals surface area (Å²) >= 11 is 5.25. The Morgan fingerprint density at radius 3 is 2.93 bits per heavy atom. The van der Waals surface area contributed by atoms with Crippen LogP contribution in [0.1, 0.15) is 6.92 Å². The molecule has 2 nitrogen and oxygen atoms in total. The first-order valence-corrected chi connectivity index (χ1v) is 6.60. The van der Waals surface area contributed by atoms with Crippen molar-refractivity contribution >= 4 is 33.4 Å². The summed E-state index contributed by atoms with van der Waals surface area (Å²) in [5.41, 5.74) is 1.24. The average molecular weight is 288 g/mol. The second-order valence-corrected chi connectivity index (χ2v) is 6.00. The van der Waals surface area contributed by atoms with Gasteiger partial charge in [0.1, 0.15) is 0 Å². The van der Waals surface area contributed by atoms with Crippen LogP contribution >= 0.6 is 27.7 Å². The van der Waals surface area contributed by atoms with Crippen LogP contribution < -0.4 is 4.90 Å². The Hall–Kier alpha value is -0.190. The van der Waals surface area contributed by atoms with E-state index in [1.54, 1.807) is 11.8 Å². The van der Waals surface area contributed by atoms with Gasteiger partial charge in [-0.2, -0.15) is 0 Å². The molecule has 0 bridgehead atoms. The van der Waals surface area contributed by atoms with Crippen molar-refractivity contribution < 1.29 is 5.11 Å². The standard InChI is InChI=1S/C11H14BrNOS/c1-7-11(6-14)15-10-4-3-8(12)5-9(10)13(7)2/h3-5,7,11,14H,6H2,1-2H3. The lowest BCUT2D eigenvalue weighted by molar-refractivity contribution is 0.282. The minimum absolute atomic E-state index is 0.228. The fourth-order valence-corrected chi connectivity index (χ4v) is 3.39. The van der Waals surface area contributed by atoms with E-state index in [0.29, 0.717) is 6.04 Å². The average Bonchev–Trinajstić information content (AvgIpc) is 2.24. The topological polar surface area (TPSA) is 23.5 Å². The van der Waals surface area contributed by atoms with Gasteiger partial charge in [-0.05, 0) is 25.1 Å². The number of nitrogens with zero attached hydrogens (tertiary/aromatic N) is 1. The van der Waals surface area contributed by atoms with Crippen LogP contribution in [-0.4, -0.2) is 30.1 Å². The minimum atomic E-state index is 0.228. The molecule has 0 radical (unpaired) electrons. The lowest BCUT2D eigenvalue weighted by atomic mass is 10.1. The van der Waals surface area contributed by atoms with Gasteiger partial charge in [-0.15, -0.1) is 11.8 Å². The number of halogens is 1. The van der Waals surface area contributed by atoms with Crippen LogP contribution in [0, 0.1) is 0 Å². The fraction of sp³-hybridized carbons (Fsp3) is 0.455. The van der Waals surface area contributed by atoms with Crippen LogP contribution in [0.25, 0.3) is 0 Å². The third kappa shape index (κ3) is 2.03. The molecule has 1 heterocycles. The molecule has 1 aromatic rings. The van der Waals surface area contributed by atoms with Crippen molar-refractivity contribution in [2.24, 2.45) is 0 Å². The molecule has 0 saturated carbocycles. The number of hydrogen-bond acceptors (Lipinski definition) is 3. The van der Waals surface area contributed by atoms with E-state index in [4.69, 9.17) is 0 Å². The molecular weight excluding hydrogens is 274 g/mol. The highest BCUT2D eigenvalue weighted by molar-refractivity contribution is 9.10. The van der Waals surface area contributed by atoms with Gasteiger partial charge < -0.3 is 10.0 Å². The van der Waals surface area contributed by atoms with Gasteiger partial charge in [-0.25, -0.2) is 0 Å². The highest BCUT2D eigenvalue weighted by atomic mass is 79.9. The van der Waals surface area contributed by atoms with Crippen molar-refractivity contribution in [1.29, 1.82) is 0 Å². The Kier molecular flexibility index (Phi) is 3.28. The maximum Gasteiger partial charge on any atom is 0.0573 e. The highest BCUT2D eigenvalue weighted by Gasteiger charge is 2.29. The van der Waals surface area contributed by atoms with Crippen molar-refractivity contribution in [3.05, 3.63) is 22.7 Å². The summed E-state index contributed by atoms with van der Waals surface area (Å²) in [5.74, 6) is 0. The molecule has 15 heavy (non-hydrogen) atoms. The minimum Gasteiger partial charge on any atom is -0.395 e. The van der Waals surface area contributed by atoms with E-state index in [0.717, 1.165) is 4.47 Å². The fourth-order valence-electron chi connectivity index (χ4n) is 1.79. The Morgan fingerprint density at radius 1 is 1.53 bits per heavy atom. The third-order valence-electron chi connectivity index (χ3n) is 2.91. The number of fused-ring (bicyclic) bond motifs is 1. The summed E-state index contributed by atoms with van der Waals surface area (Å²) in [6.45, 7) is 2.38. The van der Waals surface area contributed by atoms with Gasteiger partial charge in [0.25, 0.3) is 0 Å². The van der Waals surface area contributed by atoms with Crippen molar-refractivity contribution in [2.75, 3.05) is 18.6 Å². The Labute approximate surface area is 103 Å². The molecule has 2 rings (SSSR count). The lowest BCUT2D eigenvalue weighted by Gasteiger charge is -2.38. The zero-order chi connectivity index (χ0) is 11.0. The zero-order valence-corrected chi connectivity index (χ0v) is 11.2. The van der Waals surface area contributed by atoms with E-state index >= 15 is 0 Å². The van der Waals surface area contributed by atoms with Crippen LogP contribution in [0.3, 0.4) is 0 Å². The van der Waals surface area contributed by atoms with E-state index in [2.05, 4.69) is 46.9 Å². The molecule has 0 amide bonds. The molecule has 1 aliphatic heterocycles. The number of thioether (sulfide) groups is 1. The van der Waals surface area contributed by atoms with E-state index in [1.165, 1.54) is 10.6 Å². The normalized spacial score (nSPS) is 25.2. The third-order valence-corrected chi connectivity index (χ3v) is 4.85. The summed E-state index contributed by atoms with van der Waals surface area (Å²) in [6, 6.07) is 6.65. The van der Waals surface area contributed by atoms with Crippen LogP contribution in [0.2, 0.25) is 0 Å². The van der Waals surface area contributed by atoms with Gasteiger partial charge in [-0.3, -0.25) is 0 Å². The predicted molar refractivity (Wildman–Crippen MR) is 68.7 cm³/mol. The molecule has 2 atom stereocenters. The molecule has 0 fully saturated rings. The molecule has 2 unspecified atom stereocenters.